The zero-order valence-corrected chi connectivity index (χ0v) is 12.4. The van der Waals surface area contributed by atoms with Crippen LogP contribution >= 0.6 is 0 Å². The molecular formula is C13H21N3O3S. The van der Waals surface area contributed by atoms with Crippen molar-refractivity contribution < 1.29 is 13.2 Å². The number of amides is 1. The average Bonchev–Trinajstić information content (AvgIpc) is 2.89. The smallest absolute Gasteiger partial charge is 0.267 e. The van der Waals surface area contributed by atoms with E-state index < -0.39 is 10.0 Å². The van der Waals surface area contributed by atoms with Crippen molar-refractivity contribution in [2.24, 2.45) is 11.1 Å². The SMILES string of the molecule is CCC1CCC(NC(=O)c2cc(S(N)(=O)=O)c[nH]2)CC1. The monoisotopic (exact) mass is 299 g/mol. The van der Waals surface area contributed by atoms with Gasteiger partial charge in [-0.2, -0.15) is 0 Å². The van der Waals surface area contributed by atoms with Crippen molar-refractivity contribution in [3.8, 4) is 0 Å². The number of nitrogens with one attached hydrogen (secondary N) is 2. The van der Waals surface area contributed by atoms with Crippen LogP contribution in [-0.4, -0.2) is 25.4 Å². The first-order valence-electron chi connectivity index (χ1n) is 6.92. The summed E-state index contributed by atoms with van der Waals surface area (Å²) in [5.41, 5.74) is 0.228. The first kappa shape index (κ1) is 15.1. The molecule has 1 amide bonds. The third-order valence-corrected chi connectivity index (χ3v) is 4.88. The lowest BCUT2D eigenvalue weighted by Gasteiger charge is -2.28. The first-order chi connectivity index (χ1) is 9.40. The molecule has 6 nitrogen and oxygen atoms in total. The highest BCUT2D eigenvalue weighted by Gasteiger charge is 2.22. The van der Waals surface area contributed by atoms with Crippen LogP contribution in [0.2, 0.25) is 0 Å². The molecule has 0 saturated heterocycles. The molecule has 0 bridgehead atoms. The van der Waals surface area contributed by atoms with Crippen LogP contribution in [0.15, 0.2) is 17.2 Å². The summed E-state index contributed by atoms with van der Waals surface area (Å²) >= 11 is 0. The maximum Gasteiger partial charge on any atom is 0.267 e. The van der Waals surface area contributed by atoms with E-state index in [-0.39, 0.29) is 22.5 Å². The summed E-state index contributed by atoms with van der Waals surface area (Å²) in [6.45, 7) is 2.19. The fraction of sp³-hybridized carbons (Fsp3) is 0.615. The van der Waals surface area contributed by atoms with Gasteiger partial charge in [-0.3, -0.25) is 4.79 Å². The largest absolute Gasteiger partial charge is 0.356 e. The van der Waals surface area contributed by atoms with E-state index in [2.05, 4.69) is 17.2 Å². The number of rotatable bonds is 4. The molecule has 0 aliphatic heterocycles. The van der Waals surface area contributed by atoms with Crippen molar-refractivity contribution >= 4 is 15.9 Å². The highest BCUT2D eigenvalue weighted by atomic mass is 32.2. The van der Waals surface area contributed by atoms with Crippen molar-refractivity contribution in [1.82, 2.24) is 10.3 Å². The van der Waals surface area contributed by atoms with E-state index in [0.29, 0.717) is 0 Å². The lowest BCUT2D eigenvalue weighted by molar-refractivity contribution is 0.0917. The van der Waals surface area contributed by atoms with Crippen LogP contribution in [0.4, 0.5) is 0 Å². The molecule has 1 aliphatic rings. The van der Waals surface area contributed by atoms with Crippen molar-refractivity contribution in [2.45, 2.75) is 50.0 Å². The lowest BCUT2D eigenvalue weighted by atomic mass is 9.84. The summed E-state index contributed by atoms with van der Waals surface area (Å²) in [5, 5.41) is 7.94. The molecule has 1 fully saturated rings. The van der Waals surface area contributed by atoms with Crippen LogP contribution in [0.3, 0.4) is 0 Å². The van der Waals surface area contributed by atoms with Gasteiger partial charge in [-0.1, -0.05) is 13.3 Å². The number of aromatic amines is 1. The standard InChI is InChI=1S/C13H21N3O3S/c1-2-9-3-5-10(6-4-9)16-13(17)12-7-11(8-15-12)20(14,18)19/h7-10,15H,2-6H2,1H3,(H,16,17)(H2,14,18,19). The molecule has 1 saturated carbocycles. The van der Waals surface area contributed by atoms with E-state index in [9.17, 15) is 13.2 Å². The summed E-state index contributed by atoms with van der Waals surface area (Å²) in [6, 6.07) is 1.44. The van der Waals surface area contributed by atoms with Crippen LogP contribution in [0.5, 0.6) is 0 Å². The fourth-order valence-corrected chi connectivity index (χ4v) is 3.15. The molecule has 1 aromatic heterocycles. The Morgan fingerprint density at radius 3 is 2.55 bits per heavy atom. The van der Waals surface area contributed by atoms with Gasteiger partial charge in [0.05, 0.1) is 4.90 Å². The van der Waals surface area contributed by atoms with Crippen LogP contribution < -0.4 is 10.5 Å². The van der Waals surface area contributed by atoms with Gasteiger partial charge in [-0.15, -0.1) is 0 Å². The summed E-state index contributed by atoms with van der Waals surface area (Å²) in [6.07, 6.45) is 6.65. The Balaban J connectivity index is 1.94. The highest BCUT2D eigenvalue weighted by Crippen LogP contribution is 2.26. The van der Waals surface area contributed by atoms with Crippen LogP contribution in [-0.2, 0) is 10.0 Å². The Morgan fingerprint density at radius 1 is 1.40 bits per heavy atom. The minimum atomic E-state index is -3.77. The second-order valence-corrected chi connectivity index (χ2v) is 6.95. The number of carbonyl (C=O) groups excluding carboxylic acids is 1. The van der Waals surface area contributed by atoms with Gasteiger partial charge in [0.2, 0.25) is 10.0 Å². The zero-order chi connectivity index (χ0) is 14.8. The van der Waals surface area contributed by atoms with E-state index in [4.69, 9.17) is 5.14 Å². The van der Waals surface area contributed by atoms with Gasteiger partial charge >= 0.3 is 0 Å². The van der Waals surface area contributed by atoms with Crippen LogP contribution in [0.1, 0.15) is 49.5 Å². The lowest BCUT2D eigenvalue weighted by Crippen LogP contribution is -2.37. The van der Waals surface area contributed by atoms with E-state index in [0.717, 1.165) is 31.6 Å². The minimum absolute atomic E-state index is 0.0719. The third kappa shape index (κ3) is 3.61. The first-order valence-corrected chi connectivity index (χ1v) is 8.47. The summed E-state index contributed by atoms with van der Waals surface area (Å²) in [5.74, 6) is 0.488. The summed E-state index contributed by atoms with van der Waals surface area (Å²) < 4.78 is 22.3. The number of nitrogens with two attached hydrogens (primary N) is 1. The van der Waals surface area contributed by atoms with Gasteiger partial charge in [-0.05, 0) is 37.7 Å². The Labute approximate surface area is 119 Å². The Morgan fingerprint density at radius 2 is 2.05 bits per heavy atom. The molecule has 4 N–H and O–H groups in total. The summed E-state index contributed by atoms with van der Waals surface area (Å²) in [4.78, 5) is 14.6. The van der Waals surface area contributed by atoms with Crippen LogP contribution in [0.25, 0.3) is 0 Å². The Hall–Kier alpha value is -1.34. The van der Waals surface area contributed by atoms with E-state index in [1.807, 2.05) is 0 Å². The number of hydrogen-bond acceptors (Lipinski definition) is 3. The quantitative estimate of drug-likeness (QED) is 0.781. The predicted octanol–water partition coefficient (Wildman–Crippen LogP) is 1.36. The molecule has 0 aromatic carbocycles. The van der Waals surface area contributed by atoms with Gasteiger partial charge in [0.15, 0.2) is 0 Å². The van der Waals surface area contributed by atoms with Gasteiger partial charge < -0.3 is 10.3 Å². The molecule has 0 radical (unpaired) electrons. The van der Waals surface area contributed by atoms with Crippen molar-refractivity contribution in [3.05, 3.63) is 18.0 Å². The molecule has 1 aromatic rings. The molecule has 112 valence electrons. The molecule has 7 heteroatoms. The Bertz CT molecular complexity index is 571. The van der Waals surface area contributed by atoms with Crippen LogP contribution in [0, 0.1) is 5.92 Å². The van der Waals surface area contributed by atoms with Gasteiger partial charge in [-0.25, -0.2) is 13.6 Å². The topological polar surface area (TPSA) is 105 Å². The number of aromatic nitrogens is 1. The van der Waals surface area contributed by atoms with Crippen molar-refractivity contribution in [2.75, 3.05) is 0 Å². The molecule has 0 unspecified atom stereocenters. The van der Waals surface area contributed by atoms with Crippen molar-refractivity contribution in [3.63, 3.8) is 0 Å². The number of primary sulfonamides is 1. The minimum Gasteiger partial charge on any atom is -0.356 e. The van der Waals surface area contributed by atoms with Gasteiger partial charge in [0.1, 0.15) is 5.69 Å². The van der Waals surface area contributed by atoms with Crippen molar-refractivity contribution in [1.29, 1.82) is 0 Å². The average molecular weight is 299 g/mol. The molecule has 2 rings (SSSR count). The molecule has 0 atom stereocenters. The maximum atomic E-state index is 12.0. The number of carbonyl (C=O) groups is 1. The molecular weight excluding hydrogens is 278 g/mol. The van der Waals surface area contributed by atoms with E-state index in [1.54, 1.807) is 0 Å². The van der Waals surface area contributed by atoms with Gasteiger partial charge in [0, 0.05) is 12.2 Å². The zero-order valence-electron chi connectivity index (χ0n) is 11.6. The van der Waals surface area contributed by atoms with E-state index >= 15 is 0 Å². The third-order valence-electron chi connectivity index (χ3n) is 3.99. The number of H-pyrrole nitrogens is 1. The number of sulfonamides is 1. The molecule has 1 aliphatic carbocycles. The normalized spacial score (nSPS) is 23.5. The molecule has 20 heavy (non-hydrogen) atoms. The second-order valence-electron chi connectivity index (χ2n) is 5.39. The predicted molar refractivity (Wildman–Crippen MR) is 75.7 cm³/mol. The summed E-state index contributed by atoms with van der Waals surface area (Å²) in [7, 11) is -3.77. The Kier molecular flexibility index (Phi) is 4.49. The number of hydrogen-bond donors (Lipinski definition) is 3. The fourth-order valence-electron chi connectivity index (χ4n) is 2.65. The molecule has 1 heterocycles. The molecule has 0 spiro atoms. The van der Waals surface area contributed by atoms with E-state index in [1.165, 1.54) is 18.7 Å². The highest BCUT2D eigenvalue weighted by molar-refractivity contribution is 7.89. The second kappa shape index (κ2) is 5.97. The maximum absolute atomic E-state index is 12.0. The van der Waals surface area contributed by atoms with Gasteiger partial charge in [0.25, 0.3) is 5.91 Å².